The average molecular weight is 411 g/mol. The lowest BCUT2D eigenvalue weighted by Gasteiger charge is -2.07. The van der Waals surface area contributed by atoms with E-state index in [1.165, 1.54) is 12.3 Å². The zero-order chi connectivity index (χ0) is 19.5. The lowest BCUT2D eigenvalue weighted by molar-refractivity contribution is -0.148. The number of halogens is 1. The van der Waals surface area contributed by atoms with Crippen molar-refractivity contribution in [1.82, 2.24) is 10.6 Å². The van der Waals surface area contributed by atoms with E-state index in [9.17, 15) is 14.4 Å². The number of carbonyl (C=O) groups excluding carboxylic acids is 3. The van der Waals surface area contributed by atoms with Crippen molar-refractivity contribution >= 4 is 41.1 Å². The number of nitrogens with one attached hydrogen (secondary N) is 2. The summed E-state index contributed by atoms with van der Waals surface area (Å²) in [6.07, 6.45) is 1.35. The van der Waals surface area contributed by atoms with Gasteiger partial charge in [0, 0.05) is 28.8 Å². The molecule has 0 radical (unpaired) electrons. The first-order valence-electron chi connectivity index (χ1n) is 8.17. The minimum Gasteiger partial charge on any atom is -0.459 e. The van der Waals surface area contributed by atoms with Gasteiger partial charge in [0.25, 0.3) is 11.8 Å². The molecule has 1 aromatic carbocycles. The molecule has 0 aliphatic carbocycles. The van der Waals surface area contributed by atoms with Gasteiger partial charge in [-0.3, -0.25) is 14.4 Å². The predicted molar refractivity (Wildman–Crippen MR) is 102 cm³/mol. The van der Waals surface area contributed by atoms with Crippen LogP contribution in [-0.2, 0) is 14.3 Å². The Bertz CT molecular complexity index is 750. The van der Waals surface area contributed by atoms with E-state index in [1.807, 2.05) is 12.1 Å². The largest absolute Gasteiger partial charge is 0.459 e. The Balaban J connectivity index is 1.51. The molecule has 0 aliphatic heterocycles. The summed E-state index contributed by atoms with van der Waals surface area (Å²) < 4.78 is 9.78. The van der Waals surface area contributed by atoms with Crippen LogP contribution in [0.4, 0.5) is 0 Å². The minimum atomic E-state index is -0.569. The van der Waals surface area contributed by atoms with Crippen LogP contribution < -0.4 is 10.6 Å². The Labute approximate surface area is 165 Å². The molecule has 2 rings (SSSR count). The topological polar surface area (TPSA) is 97.6 Å². The second kappa shape index (κ2) is 11.3. The third-order valence-electron chi connectivity index (χ3n) is 3.23. The maximum Gasteiger partial charge on any atom is 0.308 e. The first kappa shape index (κ1) is 20.9. The van der Waals surface area contributed by atoms with Gasteiger partial charge in [-0.2, -0.15) is 0 Å². The van der Waals surface area contributed by atoms with Gasteiger partial charge in [0.2, 0.25) is 0 Å². The van der Waals surface area contributed by atoms with Gasteiger partial charge in [-0.15, -0.1) is 11.8 Å². The molecule has 1 heterocycles. The van der Waals surface area contributed by atoms with Gasteiger partial charge in [-0.25, -0.2) is 0 Å². The third kappa shape index (κ3) is 8.19. The summed E-state index contributed by atoms with van der Waals surface area (Å²) in [5, 5.41) is 5.86. The highest BCUT2D eigenvalue weighted by atomic mass is 35.5. The lowest BCUT2D eigenvalue weighted by atomic mass is 10.4. The van der Waals surface area contributed by atoms with E-state index >= 15 is 0 Å². The molecule has 1 aromatic heterocycles. The maximum atomic E-state index is 11.6. The highest BCUT2D eigenvalue weighted by molar-refractivity contribution is 7.99. The maximum absolute atomic E-state index is 11.6. The number of furan rings is 1. The molecule has 0 bridgehead atoms. The Kier molecular flexibility index (Phi) is 8.73. The highest BCUT2D eigenvalue weighted by Gasteiger charge is 2.10. The first-order chi connectivity index (χ1) is 13.0. The van der Waals surface area contributed by atoms with Crippen LogP contribution >= 0.6 is 23.4 Å². The van der Waals surface area contributed by atoms with Crippen molar-refractivity contribution in [2.45, 2.75) is 11.3 Å². The van der Waals surface area contributed by atoms with Gasteiger partial charge in [0.1, 0.15) is 0 Å². The molecule has 0 atom stereocenters. The molecular weight excluding hydrogens is 392 g/mol. The van der Waals surface area contributed by atoms with Crippen molar-refractivity contribution < 1.29 is 23.5 Å². The zero-order valence-electron chi connectivity index (χ0n) is 14.4. The van der Waals surface area contributed by atoms with Crippen LogP contribution in [0, 0.1) is 0 Å². The van der Waals surface area contributed by atoms with Crippen LogP contribution in [0.1, 0.15) is 17.0 Å². The SMILES string of the molecule is O=C(COC(=O)CCNC(=O)c1ccco1)NCCSc1ccc(Cl)cc1. The quantitative estimate of drug-likeness (QED) is 0.355. The van der Waals surface area contributed by atoms with Gasteiger partial charge >= 0.3 is 5.97 Å². The van der Waals surface area contributed by atoms with Crippen molar-refractivity contribution in [2.24, 2.45) is 0 Å². The van der Waals surface area contributed by atoms with Gasteiger partial charge in [-0.1, -0.05) is 11.6 Å². The average Bonchev–Trinajstić information content (AvgIpc) is 3.20. The van der Waals surface area contributed by atoms with Crippen LogP contribution in [0.3, 0.4) is 0 Å². The summed E-state index contributed by atoms with van der Waals surface area (Å²) in [5.74, 6) is -0.511. The van der Waals surface area contributed by atoms with Gasteiger partial charge in [0.05, 0.1) is 12.7 Å². The Morgan fingerprint density at radius 3 is 2.56 bits per heavy atom. The third-order valence-corrected chi connectivity index (χ3v) is 4.50. The predicted octanol–water partition coefficient (Wildman–Crippen LogP) is 2.50. The smallest absolute Gasteiger partial charge is 0.308 e. The van der Waals surface area contributed by atoms with Crippen molar-refractivity contribution in [1.29, 1.82) is 0 Å². The van der Waals surface area contributed by atoms with E-state index in [-0.39, 0.29) is 31.2 Å². The Morgan fingerprint density at radius 1 is 1.07 bits per heavy atom. The molecule has 27 heavy (non-hydrogen) atoms. The van der Waals surface area contributed by atoms with Crippen LogP contribution in [0.5, 0.6) is 0 Å². The Morgan fingerprint density at radius 2 is 1.85 bits per heavy atom. The number of thioether (sulfide) groups is 1. The number of esters is 1. The number of hydrogen-bond acceptors (Lipinski definition) is 6. The van der Waals surface area contributed by atoms with E-state index in [2.05, 4.69) is 10.6 Å². The van der Waals surface area contributed by atoms with Crippen molar-refractivity contribution in [3.8, 4) is 0 Å². The zero-order valence-corrected chi connectivity index (χ0v) is 16.0. The number of carbonyl (C=O) groups is 3. The molecule has 2 aromatic rings. The normalized spacial score (nSPS) is 10.3. The molecule has 7 nitrogen and oxygen atoms in total. The molecule has 2 amide bonds. The van der Waals surface area contributed by atoms with E-state index in [1.54, 1.807) is 30.0 Å². The number of amides is 2. The van der Waals surface area contributed by atoms with Crippen LogP contribution in [0.2, 0.25) is 5.02 Å². The fourth-order valence-corrected chi connectivity index (χ4v) is 2.83. The molecule has 0 aliphatic rings. The molecular formula is C18H19ClN2O5S. The van der Waals surface area contributed by atoms with Crippen LogP contribution in [0.25, 0.3) is 0 Å². The number of rotatable bonds is 10. The monoisotopic (exact) mass is 410 g/mol. The molecule has 0 saturated carbocycles. The lowest BCUT2D eigenvalue weighted by Crippen LogP contribution is -2.31. The molecule has 0 spiro atoms. The number of benzene rings is 1. The van der Waals surface area contributed by atoms with Crippen molar-refractivity contribution in [2.75, 3.05) is 25.4 Å². The molecule has 144 valence electrons. The number of hydrogen-bond donors (Lipinski definition) is 2. The summed E-state index contributed by atoms with van der Waals surface area (Å²) in [6.45, 7) is 0.192. The summed E-state index contributed by atoms with van der Waals surface area (Å²) >= 11 is 7.39. The molecule has 0 saturated heterocycles. The summed E-state index contributed by atoms with van der Waals surface area (Å²) in [7, 11) is 0. The van der Waals surface area contributed by atoms with Crippen molar-refractivity contribution in [3.63, 3.8) is 0 Å². The standard InChI is InChI=1S/C18H19ClN2O5S/c19-13-3-5-14(6-4-13)27-11-9-20-16(22)12-26-17(23)7-8-21-18(24)15-2-1-10-25-15/h1-6,10H,7-9,11-12H2,(H,20,22)(H,21,24). The van der Waals surface area contributed by atoms with Gasteiger partial charge in [0.15, 0.2) is 12.4 Å². The van der Waals surface area contributed by atoms with E-state index in [4.69, 9.17) is 20.8 Å². The molecule has 0 fully saturated rings. The van der Waals surface area contributed by atoms with Crippen LogP contribution in [0.15, 0.2) is 52.0 Å². The van der Waals surface area contributed by atoms with Crippen LogP contribution in [-0.4, -0.2) is 43.2 Å². The van der Waals surface area contributed by atoms with Gasteiger partial charge < -0.3 is 19.8 Å². The summed E-state index contributed by atoms with van der Waals surface area (Å²) in [4.78, 5) is 35.9. The minimum absolute atomic E-state index is 0.0356. The molecule has 0 unspecified atom stereocenters. The molecule has 2 N–H and O–H groups in total. The van der Waals surface area contributed by atoms with E-state index < -0.39 is 11.9 Å². The van der Waals surface area contributed by atoms with E-state index in [0.29, 0.717) is 17.3 Å². The fourth-order valence-electron chi connectivity index (χ4n) is 1.93. The number of ether oxygens (including phenoxy) is 1. The summed E-state index contributed by atoms with van der Waals surface area (Å²) in [5.41, 5.74) is 0. The summed E-state index contributed by atoms with van der Waals surface area (Å²) in [6, 6.07) is 10.5. The van der Waals surface area contributed by atoms with Crippen molar-refractivity contribution in [3.05, 3.63) is 53.4 Å². The first-order valence-corrected chi connectivity index (χ1v) is 9.53. The van der Waals surface area contributed by atoms with E-state index in [0.717, 1.165) is 4.90 Å². The van der Waals surface area contributed by atoms with Gasteiger partial charge in [-0.05, 0) is 36.4 Å². The second-order valence-electron chi connectivity index (χ2n) is 5.30. The second-order valence-corrected chi connectivity index (χ2v) is 6.90. The molecule has 9 heteroatoms. The fraction of sp³-hybridized carbons (Fsp3) is 0.278. The Hall–Kier alpha value is -2.45. The highest BCUT2D eigenvalue weighted by Crippen LogP contribution is 2.19.